The molecule has 2 unspecified atom stereocenters. The average Bonchev–Trinajstić information content (AvgIpc) is 2.30. The summed E-state index contributed by atoms with van der Waals surface area (Å²) < 4.78 is 5.31. The zero-order valence-electron chi connectivity index (χ0n) is 9.11. The van der Waals surface area contributed by atoms with E-state index in [2.05, 4.69) is 10.6 Å². The lowest BCUT2D eigenvalue weighted by atomic mass is 10.1. The smallest absolute Gasteiger partial charge is 0.243 e. The summed E-state index contributed by atoms with van der Waals surface area (Å²) in [7, 11) is 0. The topological polar surface area (TPSA) is 55.7 Å². The van der Waals surface area contributed by atoms with Crippen molar-refractivity contribution < 1.29 is 9.53 Å². The second-order valence-corrected chi connectivity index (χ2v) is 4.08. The number of morpholine rings is 1. The fourth-order valence-corrected chi connectivity index (χ4v) is 2.01. The normalized spacial score (nSPS) is 32.7. The SMILES string of the molecule is CC1COCCN1C(=O)C1CNCC[N]1. The molecule has 1 radical (unpaired) electrons. The summed E-state index contributed by atoms with van der Waals surface area (Å²) in [6, 6.07) is 0.00248. The summed E-state index contributed by atoms with van der Waals surface area (Å²) in [6.45, 7) is 6.34. The van der Waals surface area contributed by atoms with Crippen molar-refractivity contribution in [2.75, 3.05) is 39.4 Å². The van der Waals surface area contributed by atoms with E-state index in [1.807, 2.05) is 11.8 Å². The fourth-order valence-electron chi connectivity index (χ4n) is 2.01. The molecular formula is C10H18N3O2. The first-order valence-corrected chi connectivity index (χ1v) is 5.54. The highest BCUT2D eigenvalue weighted by Crippen LogP contribution is 2.09. The summed E-state index contributed by atoms with van der Waals surface area (Å²) in [6.07, 6.45) is 0. The van der Waals surface area contributed by atoms with Gasteiger partial charge in [0, 0.05) is 26.2 Å². The molecule has 2 heterocycles. The van der Waals surface area contributed by atoms with Crippen molar-refractivity contribution in [1.82, 2.24) is 15.5 Å². The van der Waals surface area contributed by atoms with Crippen LogP contribution in [0, 0.1) is 0 Å². The molecule has 2 aliphatic rings. The molecule has 85 valence electrons. The van der Waals surface area contributed by atoms with Crippen LogP contribution in [0.15, 0.2) is 0 Å². The monoisotopic (exact) mass is 212 g/mol. The summed E-state index contributed by atoms with van der Waals surface area (Å²) in [5, 5.41) is 7.54. The molecule has 0 bridgehead atoms. The molecule has 0 aromatic rings. The van der Waals surface area contributed by atoms with Gasteiger partial charge in [-0.15, -0.1) is 0 Å². The van der Waals surface area contributed by atoms with Crippen LogP contribution in [0.25, 0.3) is 0 Å². The third kappa shape index (κ3) is 2.48. The Kier molecular flexibility index (Phi) is 3.56. The Morgan fingerprint density at radius 2 is 2.47 bits per heavy atom. The number of piperazine rings is 1. The van der Waals surface area contributed by atoms with Gasteiger partial charge in [-0.2, -0.15) is 0 Å². The molecule has 5 nitrogen and oxygen atoms in total. The maximum Gasteiger partial charge on any atom is 0.243 e. The van der Waals surface area contributed by atoms with E-state index in [0.717, 1.165) is 13.1 Å². The van der Waals surface area contributed by atoms with Crippen molar-refractivity contribution in [2.45, 2.75) is 19.0 Å². The van der Waals surface area contributed by atoms with Crippen LogP contribution in [0.1, 0.15) is 6.92 Å². The molecule has 2 atom stereocenters. The molecule has 1 amide bonds. The molecule has 0 saturated carbocycles. The first-order valence-electron chi connectivity index (χ1n) is 5.54. The molecule has 1 N–H and O–H groups in total. The highest BCUT2D eigenvalue weighted by Gasteiger charge is 2.30. The number of nitrogens with zero attached hydrogens (tertiary/aromatic N) is 2. The average molecular weight is 212 g/mol. The molecule has 2 aliphatic heterocycles. The lowest BCUT2D eigenvalue weighted by Crippen LogP contribution is -2.57. The van der Waals surface area contributed by atoms with Crippen molar-refractivity contribution >= 4 is 5.91 Å². The van der Waals surface area contributed by atoms with Crippen LogP contribution in [-0.2, 0) is 9.53 Å². The predicted molar refractivity (Wildman–Crippen MR) is 55.7 cm³/mol. The number of nitrogens with one attached hydrogen (secondary N) is 1. The van der Waals surface area contributed by atoms with E-state index in [9.17, 15) is 4.79 Å². The molecule has 0 aromatic carbocycles. The van der Waals surface area contributed by atoms with Gasteiger partial charge < -0.3 is 15.0 Å². The Labute approximate surface area is 90.1 Å². The van der Waals surface area contributed by atoms with Crippen LogP contribution in [0.4, 0.5) is 0 Å². The van der Waals surface area contributed by atoms with Crippen molar-refractivity contribution in [2.24, 2.45) is 0 Å². The van der Waals surface area contributed by atoms with Crippen LogP contribution in [0.2, 0.25) is 0 Å². The van der Waals surface area contributed by atoms with Crippen LogP contribution < -0.4 is 10.6 Å². The molecule has 2 fully saturated rings. The largest absolute Gasteiger partial charge is 0.377 e. The first kappa shape index (κ1) is 10.9. The van der Waals surface area contributed by atoms with E-state index in [0.29, 0.717) is 26.3 Å². The van der Waals surface area contributed by atoms with E-state index in [4.69, 9.17) is 4.74 Å². The lowest BCUT2D eigenvalue weighted by Gasteiger charge is -2.36. The number of ether oxygens (including phenoxy) is 1. The maximum absolute atomic E-state index is 12.1. The van der Waals surface area contributed by atoms with Gasteiger partial charge in [-0.05, 0) is 6.92 Å². The Balaban J connectivity index is 1.92. The van der Waals surface area contributed by atoms with Crippen LogP contribution in [0.5, 0.6) is 0 Å². The minimum atomic E-state index is -0.181. The number of hydrogen-bond acceptors (Lipinski definition) is 3. The number of hydrogen-bond donors (Lipinski definition) is 1. The standard InChI is InChI=1S/C10H18N3O2/c1-8-7-15-5-4-13(8)10(14)9-6-11-2-3-12-9/h8-9,11H,2-7H2,1H3. The Morgan fingerprint density at radius 3 is 3.13 bits per heavy atom. The second kappa shape index (κ2) is 4.92. The van der Waals surface area contributed by atoms with Gasteiger partial charge in [0.1, 0.15) is 6.04 Å². The van der Waals surface area contributed by atoms with Gasteiger partial charge in [-0.3, -0.25) is 4.79 Å². The predicted octanol–water partition coefficient (Wildman–Crippen LogP) is -1.19. The van der Waals surface area contributed by atoms with Gasteiger partial charge in [-0.1, -0.05) is 0 Å². The van der Waals surface area contributed by atoms with E-state index < -0.39 is 0 Å². The van der Waals surface area contributed by atoms with Gasteiger partial charge >= 0.3 is 0 Å². The minimum absolute atomic E-state index is 0.151. The second-order valence-electron chi connectivity index (χ2n) is 4.08. The quantitative estimate of drug-likeness (QED) is 0.594. The van der Waals surface area contributed by atoms with Crippen molar-refractivity contribution in [3.05, 3.63) is 0 Å². The molecule has 0 aromatic heterocycles. The number of carbonyl (C=O) groups excluding carboxylic acids is 1. The van der Waals surface area contributed by atoms with E-state index in [1.54, 1.807) is 0 Å². The Hall–Kier alpha value is -0.650. The molecule has 2 rings (SSSR count). The van der Waals surface area contributed by atoms with Crippen molar-refractivity contribution in [1.29, 1.82) is 0 Å². The zero-order chi connectivity index (χ0) is 10.7. The van der Waals surface area contributed by atoms with Gasteiger partial charge in [0.05, 0.1) is 19.3 Å². The molecule has 0 aliphatic carbocycles. The molecular weight excluding hydrogens is 194 g/mol. The highest BCUT2D eigenvalue weighted by molar-refractivity contribution is 5.82. The number of carbonyl (C=O) groups is 1. The van der Waals surface area contributed by atoms with Gasteiger partial charge in [0.2, 0.25) is 5.91 Å². The number of amides is 1. The van der Waals surface area contributed by atoms with Crippen molar-refractivity contribution in [3.63, 3.8) is 0 Å². The molecule has 0 spiro atoms. The summed E-state index contributed by atoms with van der Waals surface area (Å²) in [5.74, 6) is 0.151. The fraction of sp³-hybridized carbons (Fsp3) is 0.900. The highest BCUT2D eigenvalue weighted by atomic mass is 16.5. The summed E-state index contributed by atoms with van der Waals surface area (Å²) >= 11 is 0. The van der Waals surface area contributed by atoms with Gasteiger partial charge in [0.25, 0.3) is 0 Å². The van der Waals surface area contributed by atoms with Crippen molar-refractivity contribution in [3.8, 4) is 0 Å². The zero-order valence-corrected chi connectivity index (χ0v) is 9.11. The maximum atomic E-state index is 12.1. The van der Waals surface area contributed by atoms with Crippen LogP contribution in [0.3, 0.4) is 0 Å². The Morgan fingerprint density at radius 1 is 1.60 bits per heavy atom. The minimum Gasteiger partial charge on any atom is -0.377 e. The van der Waals surface area contributed by atoms with Gasteiger partial charge in [0.15, 0.2) is 0 Å². The van der Waals surface area contributed by atoms with E-state index in [1.165, 1.54) is 0 Å². The first-order chi connectivity index (χ1) is 7.29. The third-order valence-corrected chi connectivity index (χ3v) is 2.91. The van der Waals surface area contributed by atoms with E-state index in [-0.39, 0.29) is 18.0 Å². The van der Waals surface area contributed by atoms with Crippen LogP contribution in [-0.4, -0.2) is 62.3 Å². The summed E-state index contributed by atoms with van der Waals surface area (Å²) in [4.78, 5) is 14.0. The van der Waals surface area contributed by atoms with E-state index >= 15 is 0 Å². The lowest BCUT2D eigenvalue weighted by molar-refractivity contribution is -0.141. The molecule has 2 saturated heterocycles. The van der Waals surface area contributed by atoms with Crippen LogP contribution >= 0.6 is 0 Å². The Bertz CT molecular complexity index is 229. The third-order valence-electron chi connectivity index (χ3n) is 2.91. The molecule has 15 heavy (non-hydrogen) atoms. The number of rotatable bonds is 1. The summed E-state index contributed by atoms with van der Waals surface area (Å²) in [5.41, 5.74) is 0. The molecule has 5 heteroatoms. The van der Waals surface area contributed by atoms with Gasteiger partial charge in [-0.25, -0.2) is 5.32 Å².